The number of aromatic nitrogens is 1. The van der Waals surface area contributed by atoms with Gasteiger partial charge >= 0.3 is 0 Å². The summed E-state index contributed by atoms with van der Waals surface area (Å²) < 4.78 is 4.98. The molecule has 0 amide bonds. The lowest BCUT2D eigenvalue weighted by Gasteiger charge is -1.99. The van der Waals surface area contributed by atoms with Crippen molar-refractivity contribution in [2.75, 3.05) is 13.7 Å². The highest BCUT2D eigenvalue weighted by atomic mass is 32.1. The molecule has 0 spiro atoms. The number of hydrogen-bond acceptors (Lipinski definition) is 4. The van der Waals surface area contributed by atoms with Gasteiger partial charge in [0.25, 0.3) is 0 Å². The van der Waals surface area contributed by atoms with Crippen LogP contribution >= 0.6 is 11.3 Å². The molecule has 4 heteroatoms. The zero-order valence-electron chi connectivity index (χ0n) is 8.12. The van der Waals surface area contributed by atoms with Crippen molar-refractivity contribution in [3.63, 3.8) is 0 Å². The Morgan fingerprint density at radius 3 is 3.08 bits per heavy atom. The summed E-state index contributed by atoms with van der Waals surface area (Å²) in [6.07, 6.45) is 3.74. The average molecular weight is 200 g/mol. The third-order valence-electron chi connectivity index (χ3n) is 1.64. The van der Waals surface area contributed by atoms with Gasteiger partial charge in [-0.05, 0) is 13.3 Å². The van der Waals surface area contributed by atoms with E-state index in [9.17, 15) is 0 Å². The SMILES string of the molecule is COCCc1ncc(CC(C)N)s1. The van der Waals surface area contributed by atoms with Gasteiger partial charge in [-0.3, -0.25) is 0 Å². The van der Waals surface area contributed by atoms with E-state index in [4.69, 9.17) is 10.5 Å². The molecule has 1 unspecified atom stereocenters. The van der Waals surface area contributed by atoms with Gasteiger partial charge in [-0.25, -0.2) is 4.98 Å². The zero-order chi connectivity index (χ0) is 9.68. The highest BCUT2D eigenvalue weighted by molar-refractivity contribution is 7.11. The Morgan fingerprint density at radius 1 is 1.69 bits per heavy atom. The Bertz CT molecular complexity index is 248. The summed E-state index contributed by atoms with van der Waals surface area (Å²) in [5.74, 6) is 0. The lowest BCUT2D eigenvalue weighted by atomic mass is 10.2. The molecule has 1 atom stereocenters. The second-order valence-corrected chi connectivity index (χ2v) is 4.34. The summed E-state index contributed by atoms with van der Waals surface area (Å²) in [4.78, 5) is 5.55. The first-order chi connectivity index (χ1) is 6.22. The van der Waals surface area contributed by atoms with Crippen LogP contribution in [0.3, 0.4) is 0 Å². The van der Waals surface area contributed by atoms with Crippen molar-refractivity contribution in [1.82, 2.24) is 4.98 Å². The van der Waals surface area contributed by atoms with Crippen LogP contribution in [-0.2, 0) is 17.6 Å². The topological polar surface area (TPSA) is 48.1 Å². The molecule has 0 aromatic carbocycles. The summed E-state index contributed by atoms with van der Waals surface area (Å²) in [6.45, 7) is 2.75. The van der Waals surface area contributed by atoms with E-state index in [2.05, 4.69) is 4.98 Å². The molecule has 2 N–H and O–H groups in total. The number of nitrogens with two attached hydrogens (primary N) is 1. The van der Waals surface area contributed by atoms with Crippen LogP contribution in [0.5, 0.6) is 0 Å². The lowest BCUT2D eigenvalue weighted by Crippen LogP contribution is -2.16. The van der Waals surface area contributed by atoms with Crippen LogP contribution in [0.1, 0.15) is 16.8 Å². The molecule has 3 nitrogen and oxygen atoms in total. The molecule has 0 aliphatic rings. The number of methoxy groups -OCH3 is 1. The fourth-order valence-electron chi connectivity index (χ4n) is 1.06. The summed E-state index contributed by atoms with van der Waals surface area (Å²) >= 11 is 1.73. The molecule has 0 bridgehead atoms. The molecule has 0 aliphatic carbocycles. The molecule has 1 aromatic heterocycles. The predicted molar refractivity (Wildman–Crippen MR) is 55.0 cm³/mol. The van der Waals surface area contributed by atoms with Gasteiger partial charge in [0.15, 0.2) is 0 Å². The van der Waals surface area contributed by atoms with Gasteiger partial charge < -0.3 is 10.5 Å². The standard InChI is InChI=1S/C9H16N2OS/c1-7(10)5-8-6-11-9(13-8)3-4-12-2/h6-7H,3-5,10H2,1-2H3. The minimum atomic E-state index is 0.218. The van der Waals surface area contributed by atoms with Gasteiger partial charge in [-0.1, -0.05) is 0 Å². The first-order valence-electron chi connectivity index (χ1n) is 4.40. The van der Waals surface area contributed by atoms with Crippen molar-refractivity contribution in [3.8, 4) is 0 Å². The summed E-state index contributed by atoms with van der Waals surface area (Å²) in [5, 5.41) is 1.14. The molecule has 74 valence electrons. The predicted octanol–water partition coefficient (Wildman–Crippen LogP) is 1.22. The van der Waals surface area contributed by atoms with Crippen molar-refractivity contribution in [2.45, 2.75) is 25.8 Å². The van der Waals surface area contributed by atoms with E-state index in [1.165, 1.54) is 4.88 Å². The van der Waals surface area contributed by atoms with E-state index < -0.39 is 0 Å². The van der Waals surface area contributed by atoms with E-state index in [0.29, 0.717) is 0 Å². The van der Waals surface area contributed by atoms with Crippen LogP contribution in [0.2, 0.25) is 0 Å². The molecule has 0 radical (unpaired) electrons. The van der Waals surface area contributed by atoms with E-state index in [1.807, 2.05) is 13.1 Å². The summed E-state index contributed by atoms with van der Waals surface area (Å²) in [5.41, 5.74) is 5.69. The molecule has 0 aliphatic heterocycles. The number of nitrogens with zero attached hydrogens (tertiary/aromatic N) is 1. The maximum Gasteiger partial charge on any atom is 0.0950 e. The minimum Gasteiger partial charge on any atom is -0.384 e. The molecule has 1 aromatic rings. The van der Waals surface area contributed by atoms with Crippen LogP contribution in [0.25, 0.3) is 0 Å². The van der Waals surface area contributed by atoms with Gasteiger partial charge in [-0.15, -0.1) is 11.3 Å². The fourth-order valence-corrected chi connectivity index (χ4v) is 2.11. The molecule has 1 rings (SSSR count). The molecule has 13 heavy (non-hydrogen) atoms. The lowest BCUT2D eigenvalue weighted by molar-refractivity contribution is 0.202. The maximum absolute atomic E-state index is 5.69. The van der Waals surface area contributed by atoms with Gasteiger partial charge in [0.2, 0.25) is 0 Å². The first kappa shape index (κ1) is 10.6. The van der Waals surface area contributed by atoms with Gasteiger partial charge in [-0.2, -0.15) is 0 Å². The van der Waals surface area contributed by atoms with Crippen LogP contribution < -0.4 is 5.73 Å². The fraction of sp³-hybridized carbons (Fsp3) is 0.667. The van der Waals surface area contributed by atoms with Crippen molar-refractivity contribution >= 4 is 11.3 Å². The number of ether oxygens (including phenoxy) is 1. The van der Waals surface area contributed by atoms with Gasteiger partial charge in [0, 0.05) is 30.6 Å². The summed E-state index contributed by atoms with van der Waals surface area (Å²) in [6, 6.07) is 0.218. The highest BCUT2D eigenvalue weighted by Crippen LogP contribution is 2.14. The van der Waals surface area contributed by atoms with Crippen molar-refractivity contribution in [1.29, 1.82) is 0 Å². The van der Waals surface area contributed by atoms with E-state index >= 15 is 0 Å². The largest absolute Gasteiger partial charge is 0.384 e. The smallest absolute Gasteiger partial charge is 0.0950 e. The molecular formula is C9H16N2OS. The van der Waals surface area contributed by atoms with Crippen molar-refractivity contribution in [2.24, 2.45) is 5.73 Å². The van der Waals surface area contributed by atoms with E-state index in [1.54, 1.807) is 18.4 Å². The molecule has 0 saturated heterocycles. The normalized spacial score (nSPS) is 13.2. The second kappa shape index (κ2) is 5.32. The van der Waals surface area contributed by atoms with Crippen LogP contribution in [0, 0.1) is 0 Å². The second-order valence-electron chi connectivity index (χ2n) is 3.14. The quantitative estimate of drug-likeness (QED) is 0.777. The Morgan fingerprint density at radius 2 is 2.46 bits per heavy atom. The zero-order valence-corrected chi connectivity index (χ0v) is 8.93. The van der Waals surface area contributed by atoms with E-state index in [0.717, 1.165) is 24.5 Å². The Balaban J connectivity index is 2.44. The summed E-state index contributed by atoms with van der Waals surface area (Å²) in [7, 11) is 1.70. The Hall–Kier alpha value is -0.450. The number of hydrogen-bond donors (Lipinski definition) is 1. The van der Waals surface area contributed by atoms with Crippen LogP contribution in [0.15, 0.2) is 6.20 Å². The molecule has 0 saturated carbocycles. The third kappa shape index (κ3) is 3.85. The molecular weight excluding hydrogens is 184 g/mol. The van der Waals surface area contributed by atoms with E-state index in [-0.39, 0.29) is 6.04 Å². The third-order valence-corrected chi connectivity index (χ3v) is 2.72. The Kier molecular flexibility index (Phi) is 4.35. The monoisotopic (exact) mass is 200 g/mol. The highest BCUT2D eigenvalue weighted by Gasteiger charge is 2.03. The Labute approximate surface area is 82.9 Å². The molecule has 1 heterocycles. The van der Waals surface area contributed by atoms with Crippen molar-refractivity contribution in [3.05, 3.63) is 16.1 Å². The first-order valence-corrected chi connectivity index (χ1v) is 5.22. The number of rotatable bonds is 5. The van der Waals surface area contributed by atoms with Gasteiger partial charge in [0.05, 0.1) is 11.6 Å². The van der Waals surface area contributed by atoms with Crippen molar-refractivity contribution < 1.29 is 4.74 Å². The van der Waals surface area contributed by atoms with Crippen LogP contribution in [-0.4, -0.2) is 24.7 Å². The maximum atomic E-state index is 5.69. The molecule has 0 fully saturated rings. The van der Waals surface area contributed by atoms with Crippen LogP contribution in [0.4, 0.5) is 0 Å². The average Bonchev–Trinajstić information content (AvgIpc) is 2.48. The minimum absolute atomic E-state index is 0.218. The number of thiazole rings is 1. The van der Waals surface area contributed by atoms with Gasteiger partial charge in [0.1, 0.15) is 0 Å².